The topological polar surface area (TPSA) is 55.6 Å². The van der Waals surface area contributed by atoms with E-state index in [0.717, 1.165) is 0 Å². The fourth-order valence-corrected chi connectivity index (χ4v) is 2.06. The molecule has 1 aromatic carbocycles. The lowest BCUT2D eigenvalue weighted by Crippen LogP contribution is -2.40. The Morgan fingerprint density at radius 2 is 1.81 bits per heavy atom. The number of carbonyl (C=O) groups is 1. The van der Waals surface area contributed by atoms with Crippen LogP contribution in [0.5, 0.6) is 5.75 Å². The monoisotopic (exact) mass is 300 g/mol. The first-order valence-corrected chi connectivity index (χ1v) is 7.07. The van der Waals surface area contributed by atoms with Crippen molar-refractivity contribution in [2.45, 2.75) is 33.3 Å². The van der Waals surface area contributed by atoms with Gasteiger partial charge in [0, 0.05) is 13.1 Å². The molecule has 1 amide bonds. The first-order chi connectivity index (χ1) is 9.94. The van der Waals surface area contributed by atoms with Gasteiger partial charge in [-0.05, 0) is 51.4 Å². The molecule has 0 saturated carbocycles. The van der Waals surface area contributed by atoms with Crippen molar-refractivity contribution in [3.63, 3.8) is 0 Å². The van der Waals surface area contributed by atoms with E-state index in [0.29, 0.717) is 31.6 Å². The van der Waals surface area contributed by atoms with Gasteiger partial charge in [-0.25, -0.2) is 8.78 Å². The van der Waals surface area contributed by atoms with E-state index in [1.54, 1.807) is 4.90 Å². The van der Waals surface area contributed by atoms with Gasteiger partial charge >= 0.3 is 0 Å². The van der Waals surface area contributed by atoms with Crippen molar-refractivity contribution in [2.24, 2.45) is 5.73 Å². The van der Waals surface area contributed by atoms with Crippen molar-refractivity contribution in [2.75, 3.05) is 19.6 Å². The molecule has 0 bridgehead atoms. The second kappa shape index (κ2) is 7.93. The number of halogens is 2. The van der Waals surface area contributed by atoms with Crippen molar-refractivity contribution in [1.29, 1.82) is 0 Å². The van der Waals surface area contributed by atoms with Crippen LogP contribution in [-0.2, 0) is 11.2 Å². The van der Waals surface area contributed by atoms with E-state index in [9.17, 15) is 13.6 Å². The molecule has 21 heavy (non-hydrogen) atoms. The number of nitrogens with two attached hydrogens (primary N) is 1. The summed E-state index contributed by atoms with van der Waals surface area (Å²) in [6.07, 6.45) is -0.573. The van der Waals surface area contributed by atoms with Gasteiger partial charge in [0.25, 0.3) is 5.91 Å². The second-order valence-electron chi connectivity index (χ2n) is 4.70. The Kier molecular flexibility index (Phi) is 6.55. The summed E-state index contributed by atoms with van der Waals surface area (Å²) in [6.45, 7) is 6.48. The minimum absolute atomic E-state index is 0.301. The molecular weight excluding hydrogens is 278 g/mol. The number of hydrogen-bond donors (Lipinski definition) is 1. The smallest absolute Gasteiger partial charge is 0.263 e. The molecule has 0 spiro atoms. The van der Waals surface area contributed by atoms with Crippen molar-refractivity contribution in [3.8, 4) is 5.75 Å². The van der Waals surface area contributed by atoms with E-state index in [1.807, 2.05) is 13.8 Å². The van der Waals surface area contributed by atoms with Crippen molar-refractivity contribution in [3.05, 3.63) is 29.3 Å². The number of likely N-dealkylation sites (N-methyl/N-ethyl adjacent to an activating group) is 1. The van der Waals surface area contributed by atoms with Gasteiger partial charge in [-0.3, -0.25) is 4.79 Å². The Balaban J connectivity index is 2.90. The van der Waals surface area contributed by atoms with Crippen LogP contribution in [0.25, 0.3) is 0 Å². The van der Waals surface area contributed by atoms with Gasteiger partial charge < -0.3 is 15.4 Å². The third-order valence-electron chi connectivity index (χ3n) is 3.21. The first kappa shape index (κ1) is 17.4. The molecule has 2 N–H and O–H groups in total. The minimum atomic E-state index is -0.950. The van der Waals surface area contributed by atoms with Crippen molar-refractivity contribution >= 4 is 5.91 Å². The van der Waals surface area contributed by atoms with Crippen LogP contribution in [0.15, 0.2) is 12.1 Å². The van der Waals surface area contributed by atoms with Crippen LogP contribution >= 0.6 is 0 Å². The maximum absolute atomic E-state index is 13.9. The zero-order chi connectivity index (χ0) is 16.0. The summed E-state index contributed by atoms with van der Waals surface area (Å²) in [6, 6.07) is 2.36. The second-order valence-corrected chi connectivity index (χ2v) is 4.70. The quantitative estimate of drug-likeness (QED) is 0.839. The Hall–Kier alpha value is -1.69. The van der Waals surface area contributed by atoms with Gasteiger partial charge in [0.15, 0.2) is 23.5 Å². The van der Waals surface area contributed by atoms with E-state index in [2.05, 4.69) is 0 Å². The molecule has 0 aromatic heterocycles. The van der Waals surface area contributed by atoms with Crippen molar-refractivity contribution in [1.82, 2.24) is 4.90 Å². The maximum atomic E-state index is 13.9. The fourth-order valence-electron chi connectivity index (χ4n) is 2.06. The fraction of sp³-hybridized carbons (Fsp3) is 0.533. The zero-order valence-electron chi connectivity index (χ0n) is 12.7. The zero-order valence-corrected chi connectivity index (χ0v) is 12.7. The molecule has 0 heterocycles. The maximum Gasteiger partial charge on any atom is 0.263 e. The predicted octanol–water partition coefficient (Wildman–Crippen LogP) is 2.10. The highest BCUT2D eigenvalue weighted by Crippen LogP contribution is 2.25. The molecule has 118 valence electrons. The van der Waals surface area contributed by atoms with Crippen LogP contribution in [0.2, 0.25) is 0 Å². The van der Waals surface area contributed by atoms with Crippen LogP contribution in [0.1, 0.15) is 26.3 Å². The molecule has 0 saturated heterocycles. The number of rotatable bonds is 7. The van der Waals surface area contributed by atoms with E-state index in [4.69, 9.17) is 10.5 Å². The molecule has 0 aliphatic carbocycles. The molecule has 6 heteroatoms. The normalized spacial score (nSPS) is 12.1. The summed E-state index contributed by atoms with van der Waals surface area (Å²) >= 11 is 0. The molecule has 1 rings (SSSR count). The molecule has 0 aliphatic rings. The predicted molar refractivity (Wildman–Crippen MR) is 77.1 cm³/mol. The minimum Gasteiger partial charge on any atom is -0.475 e. The van der Waals surface area contributed by atoms with Crippen LogP contribution in [-0.4, -0.2) is 36.5 Å². The largest absolute Gasteiger partial charge is 0.475 e. The van der Waals surface area contributed by atoms with Gasteiger partial charge in [0.05, 0.1) is 0 Å². The molecule has 0 fully saturated rings. The Morgan fingerprint density at radius 1 is 1.29 bits per heavy atom. The third kappa shape index (κ3) is 4.39. The average molecular weight is 300 g/mol. The van der Waals surface area contributed by atoms with Gasteiger partial charge in [-0.1, -0.05) is 0 Å². The van der Waals surface area contributed by atoms with E-state index in [1.165, 1.54) is 19.1 Å². The number of amides is 1. The summed E-state index contributed by atoms with van der Waals surface area (Å²) < 4.78 is 33.0. The summed E-state index contributed by atoms with van der Waals surface area (Å²) in [5.74, 6) is -2.47. The lowest BCUT2D eigenvalue weighted by atomic mass is 10.1. The summed E-state index contributed by atoms with van der Waals surface area (Å²) in [4.78, 5) is 13.6. The molecule has 0 radical (unpaired) electrons. The highest BCUT2D eigenvalue weighted by atomic mass is 19.1. The first-order valence-electron chi connectivity index (χ1n) is 7.07. The Bertz CT molecular complexity index is 468. The highest BCUT2D eigenvalue weighted by molar-refractivity contribution is 5.80. The van der Waals surface area contributed by atoms with E-state index in [-0.39, 0.29) is 5.91 Å². The highest BCUT2D eigenvalue weighted by Gasteiger charge is 2.23. The Morgan fingerprint density at radius 3 is 2.24 bits per heavy atom. The van der Waals surface area contributed by atoms with Gasteiger partial charge in [0.1, 0.15) is 0 Å². The van der Waals surface area contributed by atoms with Gasteiger partial charge in [0.2, 0.25) is 0 Å². The molecule has 0 aliphatic heterocycles. The average Bonchev–Trinajstić information content (AvgIpc) is 2.44. The summed E-state index contributed by atoms with van der Waals surface area (Å²) in [5, 5.41) is 0. The number of benzene rings is 1. The lowest BCUT2D eigenvalue weighted by molar-refractivity contribution is -0.137. The molecule has 1 atom stereocenters. The number of nitrogens with zero attached hydrogens (tertiary/aromatic N) is 1. The van der Waals surface area contributed by atoms with Gasteiger partial charge in [-0.2, -0.15) is 0 Å². The van der Waals surface area contributed by atoms with Crippen LogP contribution < -0.4 is 10.5 Å². The standard InChI is InChI=1S/C15H22F2N2O2/c1-4-19(5-2)15(20)10(3)21-14-12(16)8-11(6-7-18)9-13(14)17/h8-10H,4-7,18H2,1-3H3. The molecular formula is C15H22F2N2O2. The van der Waals surface area contributed by atoms with Crippen LogP contribution in [0.4, 0.5) is 8.78 Å². The number of hydrogen-bond acceptors (Lipinski definition) is 3. The van der Waals surface area contributed by atoms with Gasteiger partial charge in [-0.15, -0.1) is 0 Å². The van der Waals surface area contributed by atoms with Crippen LogP contribution in [0, 0.1) is 11.6 Å². The lowest BCUT2D eigenvalue weighted by Gasteiger charge is -2.23. The van der Waals surface area contributed by atoms with Crippen LogP contribution in [0.3, 0.4) is 0 Å². The van der Waals surface area contributed by atoms with Crippen molar-refractivity contribution < 1.29 is 18.3 Å². The third-order valence-corrected chi connectivity index (χ3v) is 3.21. The van der Waals surface area contributed by atoms with E-state index < -0.39 is 23.5 Å². The Labute approximate surface area is 123 Å². The number of ether oxygens (including phenoxy) is 1. The summed E-state index contributed by atoms with van der Waals surface area (Å²) in [7, 11) is 0. The van der Waals surface area contributed by atoms with E-state index >= 15 is 0 Å². The summed E-state index contributed by atoms with van der Waals surface area (Å²) in [5.41, 5.74) is 5.82. The SMILES string of the molecule is CCN(CC)C(=O)C(C)Oc1c(F)cc(CCN)cc1F. The molecule has 4 nitrogen and oxygen atoms in total. The molecule has 1 unspecified atom stereocenters. The molecule has 1 aromatic rings. The number of carbonyl (C=O) groups excluding carboxylic acids is 1.